The van der Waals surface area contributed by atoms with Crippen LogP contribution >= 0.6 is 27.5 Å². The smallest absolute Gasteiger partial charge is 0.250 e. The highest BCUT2D eigenvalue weighted by molar-refractivity contribution is 9.10. The molecule has 1 aromatic heterocycles. The van der Waals surface area contributed by atoms with Crippen LogP contribution in [0.2, 0.25) is 5.02 Å². The number of amides is 1. The fourth-order valence-corrected chi connectivity index (χ4v) is 2.01. The molecular formula is C12H10BrClN2O2. The van der Waals surface area contributed by atoms with Gasteiger partial charge in [-0.1, -0.05) is 11.6 Å². The fraction of sp³-hybridized carbons (Fsp3) is 0.0833. The van der Waals surface area contributed by atoms with Crippen LogP contribution in [0.1, 0.15) is 16.1 Å². The molecule has 0 radical (unpaired) electrons. The van der Waals surface area contributed by atoms with E-state index in [0.717, 1.165) is 11.4 Å². The summed E-state index contributed by atoms with van der Waals surface area (Å²) in [6, 6.07) is 8.67. The molecule has 94 valence electrons. The quantitative estimate of drug-likeness (QED) is 0.903. The maximum atomic E-state index is 11.1. The number of rotatable bonds is 4. The van der Waals surface area contributed by atoms with Gasteiger partial charge in [0.2, 0.25) is 5.91 Å². The highest BCUT2D eigenvalue weighted by atomic mass is 79.9. The van der Waals surface area contributed by atoms with Gasteiger partial charge < -0.3 is 15.5 Å². The van der Waals surface area contributed by atoms with Gasteiger partial charge in [0.05, 0.1) is 17.1 Å². The monoisotopic (exact) mass is 328 g/mol. The lowest BCUT2D eigenvalue weighted by Gasteiger charge is -2.07. The van der Waals surface area contributed by atoms with Gasteiger partial charge in [-0.2, -0.15) is 0 Å². The number of primary amides is 1. The topological polar surface area (TPSA) is 68.3 Å². The van der Waals surface area contributed by atoms with E-state index < -0.39 is 5.91 Å². The zero-order valence-electron chi connectivity index (χ0n) is 9.24. The first kappa shape index (κ1) is 13.0. The van der Waals surface area contributed by atoms with Gasteiger partial charge in [-0.05, 0) is 46.3 Å². The lowest BCUT2D eigenvalue weighted by Crippen LogP contribution is -2.12. The second-order valence-corrected chi connectivity index (χ2v) is 4.81. The first-order valence-electron chi connectivity index (χ1n) is 5.13. The normalized spacial score (nSPS) is 10.3. The molecule has 0 aliphatic rings. The number of hydrogen-bond donors (Lipinski definition) is 2. The molecular weight excluding hydrogens is 320 g/mol. The number of halogens is 2. The Balaban J connectivity index is 2.10. The summed E-state index contributed by atoms with van der Waals surface area (Å²) in [6.07, 6.45) is 0. The molecule has 6 heteroatoms. The predicted octanol–water partition coefficient (Wildman–Crippen LogP) is 3.41. The number of furan rings is 1. The summed E-state index contributed by atoms with van der Waals surface area (Å²) < 4.78 is 6.02. The Morgan fingerprint density at radius 1 is 1.39 bits per heavy atom. The van der Waals surface area contributed by atoms with E-state index in [1.54, 1.807) is 18.2 Å². The van der Waals surface area contributed by atoms with E-state index in [9.17, 15) is 4.79 Å². The number of benzene rings is 1. The van der Waals surface area contributed by atoms with Gasteiger partial charge in [-0.15, -0.1) is 0 Å². The minimum atomic E-state index is -0.551. The van der Waals surface area contributed by atoms with Gasteiger partial charge in [0.25, 0.3) is 0 Å². The van der Waals surface area contributed by atoms with E-state index in [1.807, 2.05) is 12.1 Å². The molecule has 0 aliphatic heterocycles. The zero-order valence-corrected chi connectivity index (χ0v) is 11.6. The van der Waals surface area contributed by atoms with Crippen molar-refractivity contribution < 1.29 is 9.21 Å². The zero-order chi connectivity index (χ0) is 13.1. The van der Waals surface area contributed by atoms with E-state index in [1.165, 1.54) is 0 Å². The Hall–Kier alpha value is -1.46. The third kappa shape index (κ3) is 3.05. The average molecular weight is 330 g/mol. The van der Waals surface area contributed by atoms with Crippen LogP contribution in [0.5, 0.6) is 0 Å². The minimum absolute atomic E-state index is 0.294. The van der Waals surface area contributed by atoms with Gasteiger partial charge in [-0.25, -0.2) is 0 Å². The number of carbonyl (C=O) groups is 1. The molecule has 1 aromatic carbocycles. The Labute approximate surface area is 117 Å². The number of nitrogens with two attached hydrogens (primary N) is 1. The molecule has 2 rings (SSSR count). The largest absolute Gasteiger partial charge is 0.452 e. The molecule has 0 aliphatic carbocycles. The third-order valence-electron chi connectivity index (χ3n) is 2.33. The second-order valence-electron chi connectivity index (χ2n) is 3.62. The van der Waals surface area contributed by atoms with Crippen LogP contribution < -0.4 is 11.1 Å². The van der Waals surface area contributed by atoms with Gasteiger partial charge in [0.15, 0.2) is 4.67 Å². The van der Waals surface area contributed by atoms with Crippen molar-refractivity contribution in [2.24, 2.45) is 5.73 Å². The fourth-order valence-electron chi connectivity index (χ4n) is 1.46. The molecule has 0 unspecified atom stereocenters. The number of hydrogen-bond acceptors (Lipinski definition) is 3. The van der Waals surface area contributed by atoms with E-state index in [2.05, 4.69) is 21.2 Å². The van der Waals surface area contributed by atoms with Crippen LogP contribution in [-0.4, -0.2) is 5.91 Å². The van der Waals surface area contributed by atoms with E-state index in [-0.39, 0.29) is 0 Å². The number of anilines is 1. The average Bonchev–Trinajstić information content (AvgIpc) is 2.74. The van der Waals surface area contributed by atoms with Crippen molar-refractivity contribution in [2.45, 2.75) is 6.54 Å². The standard InChI is InChI=1S/C12H10BrClN2O2/c13-11-4-2-8(18-11)6-16-7-1-3-10(14)9(5-7)12(15)17/h1-5,16H,6H2,(H2,15,17). The van der Waals surface area contributed by atoms with Crippen molar-refractivity contribution in [1.29, 1.82) is 0 Å². The summed E-state index contributed by atoms with van der Waals surface area (Å²) in [5.41, 5.74) is 6.26. The van der Waals surface area contributed by atoms with Crippen molar-refractivity contribution in [1.82, 2.24) is 0 Å². The van der Waals surface area contributed by atoms with Gasteiger partial charge in [-0.3, -0.25) is 4.79 Å². The molecule has 1 amide bonds. The van der Waals surface area contributed by atoms with Crippen LogP contribution in [0.3, 0.4) is 0 Å². The molecule has 0 spiro atoms. The highest BCUT2D eigenvalue weighted by Gasteiger charge is 2.07. The molecule has 18 heavy (non-hydrogen) atoms. The van der Waals surface area contributed by atoms with Crippen LogP contribution in [0.15, 0.2) is 39.4 Å². The van der Waals surface area contributed by atoms with Crippen molar-refractivity contribution in [3.05, 3.63) is 51.3 Å². The van der Waals surface area contributed by atoms with Crippen molar-refractivity contribution in [3.8, 4) is 0 Å². The molecule has 0 fully saturated rings. The molecule has 0 bridgehead atoms. The van der Waals surface area contributed by atoms with Gasteiger partial charge >= 0.3 is 0 Å². The van der Waals surface area contributed by atoms with Crippen LogP contribution in [0.25, 0.3) is 0 Å². The molecule has 0 atom stereocenters. The molecule has 0 saturated heterocycles. The Morgan fingerprint density at radius 2 is 2.17 bits per heavy atom. The summed E-state index contributed by atoms with van der Waals surface area (Å²) in [7, 11) is 0. The van der Waals surface area contributed by atoms with E-state index >= 15 is 0 Å². The maximum Gasteiger partial charge on any atom is 0.250 e. The minimum Gasteiger partial charge on any atom is -0.452 e. The van der Waals surface area contributed by atoms with Crippen LogP contribution in [0.4, 0.5) is 5.69 Å². The van der Waals surface area contributed by atoms with Gasteiger partial charge in [0.1, 0.15) is 5.76 Å². The summed E-state index contributed by atoms with van der Waals surface area (Å²) in [6.45, 7) is 0.505. The van der Waals surface area contributed by atoms with Crippen LogP contribution in [0, 0.1) is 0 Å². The molecule has 1 heterocycles. The molecule has 3 N–H and O–H groups in total. The highest BCUT2D eigenvalue weighted by Crippen LogP contribution is 2.21. The Kier molecular flexibility index (Phi) is 3.93. The SMILES string of the molecule is NC(=O)c1cc(NCc2ccc(Br)o2)ccc1Cl. The van der Waals surface area contributed by atoms with Crippen molar-refractivity contribution in [2.75, 3.05) is 5.32 Å². The maximum absolute atomic E-state index is 11.1. The first-order chi connectivity index (χ1) is 8.56. The summed E-state index contributed by atoms with van der Waals surface area (Å²) >= 11 is 9.08. The van der Waals surface area contributed by atoms with Gasteiger partial charge in [0, 0.05) is 5.69 Å². The lowest BCUT2D eigenvalue weighted by atomic mass is 10.2. The summed E-state index contributed by atoms with van der Waals surface area (Å²) in [5, 5.41) is 3.46. The second kappa shape index (κ2) is 5.46. The summed E-state index contributed by atoms with van der Waals surface area (Å²) in [4.78, 5) is 11.1. The summed E-state index contributed by atoms with van der Waals surface area (Å²) in [5.74, 6) is 0.224. The Bertz CT molecular complexity index is 583. The predicted molar refractivity (Wildman–Crippen MR) is 73.7 cm³/mol. The number of nitrogens with one attached hydrogen (secondary N) is 1. The molecule has 2 aromatic rings. The lowest BCUT2D eigenvalue weighted by molar-refractivity contribution is 0.100. The molecule has 0 saturated carbocycles. The van der Waals surface area contributed by atoms with E-state index in [4.69, 9.17) is 21.8 Å². The molecule has 4 nitrogen and oxygen atoms in total. The van der Waals surface area contributed by atoms with Crippen LogP contribution in [-0.2, 0) is 6.54 Å². The van der Waals surface area contributed by atoms with E-state index in [0.29, 0.717) is 21.8 Å². The number of carbonyl (C=O) groups excluding carboxylic acids is 1. The first-order valence-corrected chi connectivity index (χ1v) is 6.31. The van der Waals surface area contributed by atoms with Crippen molar-refractivity contribution in [3.63, 3.8) is 0 Å². The third-order valence-corrected chi connectivity index (χ3v) is 3.08. The Morgan fingerprint density at radius 3 is 2.78 bits per heavy atom. The van der Waals surface area contributed by atoms with Crippen molar-refractivity contribution >= 4 is 39.1 Å².